The summed E-state index contributed by atoms with van der Waals surface area (Å²) < 4.78 is 5.71. The quantitative estimate of drug-likeness (QED) is 0.735. The van der Waals surface area contributed by atoms with Crippen LogP contribution in [0.15, 0.2) is 48.5 Å². The van der Waals surface area contributed by atoms with Gasteiger partial charge in [-0.2, -0.15) is 0 Å². The summed E-state index contributed by atoms with van der Waals surface area (Å²) in [6.45, 7) is 3.76. The Bertz CT molecular complexity index is 676. The number of hydrogen-bond acceptors (Lipinski definition) is 3. The normalized spacial score (nSPS) is 10.7. The predicted octanol–water partition coefficient (Wildman–Crippen LogP) is 3.99. The molecule has 0 saturated heterocycles. The molecule has 0 atom stereocenters. The van der Waals surface area contributed by atoms with Crippen LogP contribution in [0.3, 0.4) is 0 Å². The highest BCUT2D eigenvalue weighted by molar-refractivity contribution is 6.33. The summed E-state index contributed by atoms with van der Waals surface area (Å²) in [5, 5.41) is 3.36. The van der Waals surface area contributed by atoms with E-state index in [1.54, 1.807) is 12.1 Å². The first-order valence-electron chi connectivity index (χ1n) is 7.97. The van der Waals surface area contributed by atoms with Gasteiger partial charge in [-0.15, -0.1) is 0 Å². The van der Waals surface area contributed by atoms with Gasteiger partial charge in [0, 0.05) is 6.54 Å². The highest BCUT2D eigenvalue weighted by Crippen LogP contribution is 2.20. The Balaban J connectivity index is 1.66. The van der Waals surface area contributed by atoms with E-state index in [9.17, 15) is 4.79 Å². The molecule has 24 heavy (non-hydrogen) atoms. The third kappa shape index (κ3) is 6.22. The molecule has 0 aliphatic heterocycles. The summed E-state index contributed by atoms with van der Waals surface area (Å²) in [5.74, 6) is 0.805. The van der Waals surface area contributed by atoms with Gasteiger partial charge in [-0.25, -0.2) is 0 Å². The van der Waals surface area contributed by atoms with Gasteiger partial charge < -0.3 is 10.1 Å². The zero-order valence-corrected chi connectivity index (χ0v) is 14.8. The van der Waals surface area contributed by atoms with E-state index < -0.39 is 0 Å². The van der Waals surface area contributed by atoms with E-state index in [4.69, 9.17) is 16.3 Å². The van der Waals surface area contributed by atoms with Crippen molar-refractivity contribution >= 4 is 23.2 Å². The average Bonchev–Trinajstić information content (AvgIpc) is 2.54. The monoisotopic (exact) mass is 346 g/mol. The molecule has 0 heterocycles. The van der Waals surface area contributed by atoms with Crippen LogP contribution in [0.25, 0.3) is 0 Å². The van der Waals surface area contributed by atoms with Crippen molar-refractivity contribution < 1.29 is 9.53 Å². The number of para-hydroxylation sites is 1. The second kappa shape index (κ2) is 9.30. The van der Waals surface area contributed by atoms with Crippen LogP contribution in [0.1, 0.15) is 12.0 Å². The molecule has 128 valence electrons. The molecular formula is C19H23ClN2O2. The van der Waals surface area contributed by atoms with Crippen LogP contribution >= 0.6 is 11.6 Å². The second-order valence-corrected chi connectivity index (χ2v) is 6.19. The molecule has 2 aromatic carbocycles. The number of hydrogen-bond donors (Lipinski definition) is 1. The van der Waals surface area contributed by atoms with Gasteiger partial charge in [0.1, 0.15) is 5.75 Å². The van der Waals surface area contributed by atoms with Gasteiger partial charge in [0.15, 0.2) is 0 Å². The lowest BCUT2D eigenvalue weighted by molar-refractivity contribution is -0.117. The molecule has 0 spiro atoms. The van der Waals surface area contributed by atoms with Gasteiger partial charge in [0.25, 0.3) is 0 Å². The van der Waals surface area contributed by atoms with E-state index in [0.29, 0.717) is 23.9 Å². The zero-order chi connectivity index (χ0) is 17.4. The molecule has 0 aliphatic carbocycles. The Morgan fingerprint density at radius 3 is 2.75 bits per heavy atom. The topological polar surface area (TPSA) is 41.6 Å². The highest BCUT2D eigenvalue weighted by atomic mass is 35.5. The molecule has 0 aliphatic rings. The van der Waals surface area contributed by atoms with Crippen LogP contribution < -0.4 is 10.1 Å². The van der Waals surface area contributed by atoms with Crippen LogP contribution in [-0.2, 0) is 4.79 Å². The second-order valence-electron chi connectivity index (χ2n) is 5.78. The van der Waals surface area contributed by atoms with Crippen LogP contribution in [0.2, 0.25) is 5.02 Å². The smallest absolute Gasteiger partial charge is 0.238 e. The first kappa shape index (κ1) is 18.3. The van der Waals surface area contributed by atoms with Crippen LogP contribution in [-0.4, -0.2) is 37.6 Å². The number of aryl methyl sites for hydroxylation is 1. The number of likely N-dealkylation sites (N-methyl/N-ethyl adjacent to an activating group) is 1. The fourth-order valence-electron chi connectivity index (χ4n) is 2.31. The molecule has 2 aromatic rings. The average molecular weight is 347 g/mol. The Morgan fingerprint density at radius 2 is 2.00 bits per heavy atom. The van der Waals surface area contributed by atoms with Crippen molar-refractivity contribution in [3.05, 3.63) is 59.1 Å². The maximum Gasteiger partial charge on any atom is 0.238 e. The fourth-order valence-corrected chi connectivity index (χ4v) is 2.49. The van der Waals surface area contributed by atoms with Crippen LogP contribution in [0.4, 0.5) is 5.69 Å². The number of anilines is 1. The van der Waals surface area contributed by atoms with Crippen molar-refractivity contribution in [2.75, 3.05) is 32.1 Å². The number of halogens is 1. The summed E-state index contributed by atoms with van der Waals surface area (Å²) in [4.78, 5) is 14.0. The standard InChI is InChI=1S/C19H23ClN2O2/c1-15-7-5-8-16(13-15)24-12-6-11-22(2)14-19(23)21-18-10-4-3-9-17(18)20/h3-5,7-10,13H,6,11-12,14H2,1-2H3,(H,21,23). The van der Waals surface area contributed by atoms with E-state index in [2.05, 4.69) is 5.32 Å². The number of nitrogens with zero attached hydrogens (tertiary/aromatic N) is 1. The molecule has 0 saturated carbocycles. The number of carbonyl (C=O) groups is 1. The molecule has 0 unspecified atom stereocenters. The molecule has 1 amide bonds. The van der Waals surface area contributed by atoms with Crippen molar-refractivity contribution in [3.8, 4) is 5.75 Å². The number of nitrogens with one attached hydrogen (secondary N) is 1. The number of benzene rings is 2. The summed E-state index contributed by atoms with van der Waals surface area (Å²) in [6, 6.07) is 15.2. The molecule has 2 rings (SSSR count). The molecular weight excluding hydrogens is 324 g/mol. The van der Waals surface area contributed by atoms with Crippen molar-refractivity contribution in [1.29, 1.82) is 0 Å². The molecule has 4 nitrogen and oxygen atoms in total. The Hall–Kier alpha value is -2.04. The Labute approximate surface area is 148 Å². The third-order valence-corrected chi connectivity index (χ3v) is 3.83. The number of amides is 1. The predicted molar refractivity (Wildman–Crippen MR) is 98.9 cm³/mol. The van der Waals surface area contributed by atoms with E-state index in [-0.39, 0.29) is 5.91 Å². The summed E-state index contributed by atoms with van der Waals surface area (Å²) in [6.07, 6.45) is 0.851. The molecule has 0 bridgehead atoms. The van der Waals surface area contributed by atoms with E-state index in [1.807, 2.05) is 55.3 Å². The molecule has 0 radical (unpaired) electrons. The van der Waals surface area contributed by atoms with Gasteiger partial charge in [-0.1, -0.05) is 35.9 Å². The number of carbonyl (C=O) groups excluding carboxylic acids is 1. The van der Waals surface area contributed by atoms with Gasteiger partial charge in [0.05, 0.1) is 23.9 Å². The van der Waals surface area contributed by atoms with Gasteiger partial charge in [-0.3, -0.25) is 9.69 Å². The van der Waals surface area contributed by atoms with E-state index >= 15 is 0 Å². The summed E-state index contributed by atoms with van der Waals surface area (Å²) in [7, 11) is 1.92. The zero-order valence-electron chi connectivity index (χ0n) is 14.1. The molecule has 0 aromatic heterocycles. The van der Waals surface area contributed by atoms with Crippen molar-refractivity contribution in [3.63, 3.8) is 0 Å². The van der Waals surface area contributed by atoms with Gasteiger partial charge in [0.2, 0.25) is 5.91 Å². The molecule has 1 N–H and O–H groups in total. The highest BCUT2D eigenvalue weighted by Gasteiger charge is 2.08. The lowest BCUT2D eigenvalue weighted by Crippen LogP contribution is -2.31. The SMILES string of the molecule is Cc1cccc(OCCCN(C)CC(=O)Nc2ccccc2Cl)c1. The largest absolute Gasteiger partial charge is 0.494 e. The fraction of sp³-hybridized carbons (Fsp3) is 0.316. The first-order valence-corrected chi connectivity index (χ1v) is 8.35. The van der Waals surface area contributed by atoms with Gasteiger partial charge >= 0.3 is 0 Å². The maximum absolute atomic E-state index is 12.0. The maximum atomic E-state index is 12.0. The van der Waals surface area contributed by atoms with E-state index in [1.165, 1.54) is 5.56 Å². The number of ether oxygens (including phenoxy) is 1. The van der Waals surface area contributed by atoms with Crippen LogP contribution in [0, 0.1) is 6.92 Å². The lowest BCUT2D eigenvalue weighted by atomic mass is 10.2. The molecule has 5 heteroatoms. The number of rotatable bonds is 8. The third-order valence-electron chi connectivity index (χ3n) is 3.50. The summed E-state index contributed by atoms with van der Waals surface area (Å²) >= 11 is 6.03. The minimum atomic E-state index is -0.0785. The lowest BCUT2D eigenvalue weighted by Gasteiger charge is -2.16. The van der Waals surface area contributed by atoms with Gasteiger partial charge in [-0.05, 0) is 50.2 Å². The van der Waals surface area contributed by atoms with Crippen LogP contribution in [0.5, 0.6) is 5.75 Å². The van der Waals surface area contributed by atoms with Crippen molar-refractivity contribution in [1.82, 2.24) is 4.90 Å². The van der Waals surface area contributed by atoms with Crippen molar-refractivity contribution in [2.24, 2.45) is 0 Å². The van der Waals surface area contributed by atoms with Crippen molar-refractivity contribution in [2.45, 2.75) is 13.3 Å². The van der Waals surface area contributed by atoms with E-state index in [0.717, 1.165) is 18.7 Å². The molecule has 0 fully saturated rings. The summed E-state index contributed by atoms with van der Waals surface area (Å²) in [5.41, 5.74) is 1.82. The minimum Gasteiger partial charge on any atom is -0.494 e. The first-order chi connectivity index (χ1) is 11.5. The Morgan fingerprint density at radius 1 is 1.21 bits per heavy atom. The Kier molecular flexibility index (Phi) is 7.09. The minimum absolute atomic E-state index is 0.0785.